The molecule has 0 rings (SSSR count). The number of hydrogen-bond acceptors (Lipinski definition) is 3. The lowest BCUT2D eigenvalue weighted by Gasteiger charge is -2.21. The van der Waals surface area contributed by atoms with Crippen LogP contribution >= 0.6 is 0 Å². The second-order valence-electron chi connectivity index (χ2n) is 2.83. The first-order valence-electron chi connectivity index (χ1n) is 3.79. The summed E-state index contributed by atoms with van der Waals surface area (Å²) in [5, 5.41) is 20.8. The largest absolute Gasteiger partial charge is 0.394 e. The molecule has 0 aliphatic carbocycles. The molecule has 2 atom stereocenters. The van der Waals surface area contributed by atoms with Gasteiger partial charge in [0.25, 0.3) is 0 Å². The molecule has 0 bridgehead atoms. The second-order valence-corrected chi connectivity index (χ2v) is 2.83. The Balaban J connectivity index is 3.84. The maximum Gasteiger partial charge on any atom is 0.0959 e. The minimum absolute atomic E-state index is 0.222. The molecular weight excluding hydrogens is 142 g/mol. The van der Waals surface area contributed by atoms with E-state index in [1.165, 1.54) is 0 Å². The molecule has 0 aromatic heterocycles. The number of hydrogen-bond donors (Lipinski definition) is 3. The molecule has 0 saturated carbocycles. The fourth-order valence-corrected chi connectivity index (χ4v) is 0.835. The summed E-state index contributed by atoms with van der Waals surface area (Å²) in [6, 6.07) is 0.0548. The lowest BCUT2D eigenvalue weighted by atomic mass is 10.1. The van der Waals surface area contributed by atoms with Crippen LogP contribution in [0.2, 0.25) is 0 Å². The highest BCUT2D eigenvalue weighted by Gasteiger charge is 2.14. The highest BCUT2D eigenvalue weighted by molar-refractivity contribution is 4.91. The zero-order valence-corrected chi connectivity index (χ0v) is 7.12. The van der Waals surface area contributed by atoms with Gasteiger partial charge < -0.3 is 15.5 Å². The van der Waals surface area contributed by atoms with E-state index in [2.05, 4.69) is 11.9 Å². The summed E-state index contributed by atoms with van der Waals surface area (Å²) in [5.41, 5.74) is 0. The molecule has 3 heteroatoms. The van der Waals surface area contributed by atoms with Gasteiger partial charge in [-0.25, -0.2) is 0 Å². The zero-order valence-electron chi connectivity index (χ0n) is 7.12. The summed E-state index contributed by atoms with van der Waals surface area (Å²) >= 11 is 0. The second kappa shape index (κ2) is 5.29. The molecule has 0 amide bonds. The molecule has 0 aromatic carbocycles. The van der Waals surface area contributed by atoms with Gasteiger partial charge >= 0.3 is 0 Å². The van der Waals surface area contributed by atoms with Gasteiger partial charge in [0.15, 0.2) is 0 Å². The molecular formula is C8H17NO2. The maximum absolute atomic E-state index is 9.18. The smallest absolute Gasteiger partial charge is 0.0959 e. The minimum atomic E-state index is -0.755. The molecule has 0 saturated heterocycles. The standard InChI is InChI=1S/C8H17NO2/c1-4-7(8(11)5-10)9-6(2)3/h4,6-11H,1,5H2,2-3H3/t7-,8-/m0/s1. The predicted molar refractivity (Wildman–Crippen MR) is 45.3 cm³/mol. The van der Waals surface area contributed by atoms with Crippen molar-refractivity contribution in [2.24, 2.45) is 0 Å². The SMILES string of the molecule is C=C[C@H](NC(C)C)[C@@H](O)CO. The van der Waals surface area contributed by atoms with E-state index in [0.29, 0.717) is 0 Å². The fraction of sp³-hybridized carbons (Fsp3) is 0.750. The predicted octanol–water partition coefficient (Wildman–Crippen LogP) is -0.108. The van der Waals surface area contributed by atoms with Crippen molar-refractivity contribution in [3.05, 3.63) is 12.7 Å². The van der Waals surface area contributed by atoms with Gasteiger partial charge in [0.2, 0.25) is 0 Å². The first kappa shape index (κ1) is 10.6. The van der Waals surface area contributed by atoms with Gasteiger partial charge in [-0.1, -0.05) is 19.9 Å². The molecule has 66 valence electrons. The van der Waals surface area contributed by atoms with Crippen LogP contribution in [0.15, 0.2) is 12.7 Å². The van der Waals surface area contributed by atoms with Crippen molar-refractivity contribution in [2.45, 2.75) is 32.0 Å². The summed E-state index contributed by atoms with van der Waals surface area (Å²) in [4.78, 5) is 0. The lowest BCUT2D eigenvalue weighted by Crippen LogP contribution is -2.43. The first-order valence-corrected chi connectivity index (χ1v) is 3.79. The van der Waals surface area contributed by atoms with Gasteiger partial charge in [-0.3, -0.25) is 0 Å². The molecule has 0 aliphatic heterocycles. The third-order valence-corrected chi connectivity index (χ3v) is 1.38. The van der Waals surface area contributed by atoms with E-state index in [4.69, 9.17) is 5.11 Å². The summed E-state index contributed by atoms with van der Waals surface area (Å²) in [6.45, 7) is 7.26. The Kier molecular flexibility index (Phi) is 5.11. The van der Waals surface area contributed by atoms with Crippen LogP contribution in [0.5, 0.6) is 0 Å². The fourth-order valence-electron chi connectivity index (χ4n) is 0.835. The Labute approximate surface area is 67.7 Å². The Morgan fingerprint density at radius 2 is 2.09 bits per heavy atom. The Bertz CT molecular complexity index is 115. The average molecular weight is 159 g/mol. The topological polar surface area (TPSA) is 52.5 Å². The van der Waals surface area contributed by atoms with Gasteiger partial charge in [-0.15, -0.1) is 6.58 Å². The van der Waals surface area contributed by atoms with Crippen LogP contribution in [-0.2, 0) is 0 Å². The van der Waals surface area contributed by atoms with E-state index in [9.17, 15) is 5.11 Å². The highest BCUT2D eigenvalue weighted by Crippen LogP contribution is 1.95. The van der Waals surface area contributed by atoms with E-state index in [1.807, 2.05) is 13.8 Å². The van der Waals surface area contributed by atoms with Crippen LogP contribution in [0, 0.1) is 0 Å². The number of aliphatic hydroxyl groups excluding tert-OH is 2. The summed E-state index contributed by atoms with van der Waals surface area (Å²) < 4.78 is 0. The van der Waals surface area contributed by atoms with Crippen molar-refractivity contribution in [1.82, 2.24) is 5.32 Å². The Morgan fingerprint density at radius 1 is 1.55 bits per heavy atom. The zero-order chi connectivity index (χ0) is 8.85. The van der Waals surface area contributed by atoms with Crippen LogP contribution in [-0.4, -0.2) is 35.0 Å². The van der Waals surface area contributed by atoms with Crippen molar-refractivity contribution < 1.29 is 10.2 Å². The molecule has 0 fully saturated rings. The molecule has 0 spiro atoms. The number of rotatable bonds is 5. The van der Waals surface area contributed by atoms with Gasteiger partial charge in [-0.05, 0) is 0 Å². The van der Waals surface area contributed by atoms with Crippen molar-refractivity contribution in [3.63, 3.8) is 0 Å². The molecule has 3 nitrogen and oxygen atoms in total. The van der Waals surface area contributed by atoms with E-state index >= 15 is 0 Å². The molecule has 11 heavy (non-hydrogen) atoms. The first-order chi connectivity index (χ1) is 5.11. The molecule has 0 heterocycles. The summed E-state index contributed by atoms with van der Waals surface area (Å²) in [6.07, 6.45) is 0.843. The van der Waals surface area contributed by atoms with Gasteiger partial charge in [0, 0.05) is 6.04 Å². The van der Waals surface area contributed by atoms with Crippen LogP contribution in [0.1, 0.15) is 13.8 Å². The molecule has 3 N–H and O–H groups in total. The lowest BCUT2D eigenvalue weighted by molar-refractivity contribution is 0.0736. The molecule has 0 aliphatic rings. The van der Waals surface area contributed by atoms with E-state index in [-0.39, 0.29) is 18.7 Å². The Hall–Kier alpha value is -0.380. The minimum Gasteiger partial charge on any atom is -0.394 e. The molecule has 0 radical (unpaired) electrons. The van der Waals surface area contributed by atoms with Crippen LogP contribution in [0.25, 0.3) is 0 Å². The van der Waals surface area contributed by atoms with Crippen molar-refractivity contribution in [2.75, 3.05) is 6.61 Å². The number of aliphatic hydroxyl groups is 2. The van der Waals surface area contributed by atoms with E-state index in [0.717, 1.165) is 0 Å². The van der Waals surface area contributed by atoms with Crippen LogP contribution < -0.4 is 5.32 Å². The van der Waals surface area contributed by atoms with Gasteiger partial charge in [0.05, 0.1) is 18.8 Å². The molecule has 0 unspecified atom stereocenters. The monoisotopic (exact) mass is 159 g/mol. The van der Waals surface area contributed by atoms with Crippen molar-refractivity contribution >= 4 is 0 Å². The maximum atomic E-state index is 9.18. The Morgan fingerprint density at radius 3 is 2.36 bits per heavy atom. The summed E-state index contributed by atoms with van der Waals surface area (Å²) in [5.74, 6) is 0. The van der Waals surface area contributed by atoms with Crippen LogP contribution in [0.3, 0.4) is 0 Å². The number of nitrogens with one attached hydrogen (secondary N) is 1. The summed E-state index contributed by atoms with van der Waals surface area (Å²) in [7, 11) is 0. The van der Waals surface area contributed by atoms with Gasteiger partial charge in [-0.2, -0.15) is 0 Å². The van der Waals surface area contributed by atoms with Crippen LogP contribution in [0.4, 0.5) is 0 Å². The third kappa shape index (κ3) is 4.14. The normalized spacial score (nSPS) is 16.5. The van der Waals surface area contributed by atoms with E-state index < -0.39 is 6.10 Å². The van der Waals surface area contributed by atoms with Crippen molar-refractivity contribution in [1.29, 1.82) is 0 Å². The molecule has 0 aromatic rings. The van der Waals surface area contributed by atoms with E-state index in [1.54, 1.807) is 6.08 Å². The van der Waals surface area contributed by atoms with Crippen molar-refractivity contribution in [3.8, 4) is 0 Å². The quantitative estimate of drug-likeness (QED) is 0.491. The third-order valence-electron chi connectivity index (χ3n) is 1.38. The average Bonchev–Trinajstić information content (AvgIpc) is 1.98. The highest BCUT2D eigenvalue weighted by atomic mass is 16.3. The van der Waals surface area contributed by atoms with Gasteiger partial charge in [0.1, 0.15) is 0 Å².